The van der Waals surface area contributed by atoms with Crippen molar-refractivity contribution in [2.45, 2.75) is 19.6 Å². The molecule has 1 heterocycles. The molecule has 1 aromatic carbocycles. The molecular formula is C16H17F3N4O3. The first-order valence-electron chi connectivity index (χ1n) is 7.68. The first kappa shape index (κ1) is 19.3. The van der Waals surface area contributed by atoms with Gasteiger partial charge in [0.1, 0.15) is 12.3 Å². The van der Waals surface area contributed by atoms with Gasteiger partial charge in [0.25, 0.3) is 5.91 Å². The van der Waals surface area contributed by atoms with E-state index in [0.29, 0.717) is 18.0 Å². The van der Waals surface area contributed by atoms with Gasteiger partial charge in [0.15, 0.2) is 12.3 Å². The first-order chi connectivity index (χ1) is 12.3. The van der Waals surface area contributed by atoms with Crippen molar-refractivity contribution in [1.29, 1.82) is 0 Å². The number of rotatable bonds is 7. The van der Waals surface area contributed by atoms with Gasteiger partial charge in [-0.05, 0) is 37.3 Å². The number of amides is 2. The normalized spacial score (nSPS) is 11.1. The van der Waals surface area contributed by atoms with E-state index in [1.807, 2.05) is 0 Å². The Balaban J connectivity index is 1.85. The van der Waals surface area contributed by atoms with E-state index < -0.39 is 17.8 Å². The van der Waals surface area contributed by atoms with E-state index in [9.17, 15) is 22.8 Å². The molecule has 2 aromatic rings. The van der Waals surface area contributed by atoms with Gasteiger partial charge < -0.3 is 15.4 Å². The number of nitrogens with one attached hydrogen (secondary N) is 2. The summed E-state index contributed by atoms with van der Waals surface area (Å²) in [4.78, 5) is 23.2. The highest BCUT2D eigenvalue weighted by molar-refractivity contribution is 5.90. The van der Waals surface area contributed by atoms with Crippen molar-refractivity contribution >= 4 is 17.5 Å². The Hall–Kier alpha value is -3.04. The molecule has 0 aliphatic rings. The second-order valence-corrected chi connectivity index (χ2v) is 5.21. The molecule has 2 amide bonds. The predicted molar refractivity (Wildman–Crippen MR) is 86.5 cm³/mol. The van der Waals surface area contributed by atoms with E-state index in [0.717, 1.165) is 16.9 Å². The van der Waals surface area contributed by atoms with Crippen LogP contribution >= 0.6 is 0 Å². The lowest BCUT2D eigenvalue weighted by Crippen LogP contribution is -2.28. The van der Waals surface area contributed by atoms with Gasteiger partial charge in [-0.25, -0.2) is 0 Å². The third-order valence-corrected chi connectivity index (χ3v) is 3.12. The summed E-state index contributed by atoms with van der Waals surface area (Å²) in [5, 5.41) is 8.43. The zero-order valence-corrected chi connectivity index (χ0v) is 13.8. The topological polar surface area (TPSA) is 85.3 Å². The van der Waals surface area contributed by atoms with E-state index in [-0.39, 0.29) is 19.1 Å². The van der Waals surface area contributed by atoms with E-state index in [1.54, 1.807) is 31.2 Å². The maximum Gasteiger partial charge on any atom is 0.435 e. The summed E-state index contributed by atoms with van der Waals surface area (Å²) >= 11 is 0. The van der Waals surface area contributed by atoms with Crippen LogP contribution in [-0.4, -0.2) is 34.7 Å². The average molecular weight is 370 g/mol. The number of ether oxygens (including phenoxy) is 1. The van der Waals surface area contributed by atoms with Gasteiger partial charge >= 0.3 is 6.18 Å². The highest BCUT2D eigenvalue weighted by Crippen LogP contribution is 2.27. The second-order valence-electron chi connectivity index (χ2n) is 5.21. The molecule has 0 saturated heterocycles. The highest BCUT2D eigenvalue weighted by Gasteiger charge is 2.33. The van der Waals surface area contributed by atoms with Gasteiger partial charge in [-0.15, -0.1) is 0 Å². The smallest absolute Gasteiger partial charge is 0.435 e. The number of likely N-dealkylation sites (N-methyl/N-ethyl adjacent to an activating group) is 1. The molecule has 10 heteroatoms. The summed E-state index contributed by atoms with van der Waals surface area (Å²) in [5.74, 6) is -0.337. The van der Waals surface area contributed by atoms with Gasteiger partial charge in [0, 0.05) is 18.4 Å². The number of hydrogen-bond acceptors (Lipinski definition) is 4. The Morgan fingerprint density at radius 2 is 1.85 bits per heavy atom. The Labute approximate surface area is 147 Å². The largest absolute Gasteiger partial charge is 0.484 e. The SMILES string of the molecule is CCNC(=O)COc1ccc(NC(=O)Cn2ccc(C(F)(F)F)n2)cc1. The number of aromatic nitrogens is 2. The molecule has 0 fully saturated rings. The molecule has 0 saturated carbocycles. The monoisotopic (exact) mass is 370 g/mol. The van der Waals surface area contributed by atoms with E-state index >= 15 is 0 Å². The van der Waals surface area contributed by atoms with Gasteiger partial charge in [-0.3, -0.25) is 14.3 Å². The van der Waals surface area contributed by atoms with Crippen LogP contribution in [-0.2, 0) is 22.3 Å². The molecule has 0 aliphatic carbocycles. The number of alkyl halides is 3. The number of halogens is 3. The molecule has 0 radical (unpaired) electrons. The fraction of sp³-hybridized carbons (Fsp3) is 0.312. The van der Waals surface area contributed by atoms with Crippen molar-refractivity contribution in [3.63, 3.8) is 0 Å². The molecule has 26 heavy (non-hydrogen) atoms. The highest BCUT2D eigenvalue weighted by atomic mass is 19.4. The van der Waals surface area contributed by atoms with Crippen LogP contribution in [0.5, 0.6) is 5.75 Å². The Bertz CT molecular complexity index is 757. The molecular weight excluding hydrogens is 353 g/mol. The molecule has 2 rings (SSSR count). The second kappa shape index (κ2) is 8.37. The van der Waals surface area contributed by atoms with Gasteiger partial charge in [0.05, 0.1) is 0 Å². The molecule has 7 nitrogen and oxygen atoms in total. The maximum atomic E-state index is 12.5. The van der Waals surface area contributed by atoms with Crippen molar-refractivity contribution in [1.82, 2.24) is 15.1 Å². The average Bonchev–Trinajstić information content (AvgIpc) is 3.03. The van der Waals surface area contributed by atoms with Crippen molar-refractivity contribution in [3.8, 4) is 5.75 Å². The van der Waals surface area contributed by atoms with Crippen LogP contribution in [0, 0.1) is 0 Å². The summed E-state index contributed by atoms with van der Waals surface area (Å²) < 4.78 is 43.6. The molecule has 1 aromatic heterocycles. The number of carbonyl (C=O) groups excluding carboxylic acids is 2. The summed E-state index contributed by atoms with van der Waals surface area (Å²) in [6, 6.07) is 7.02. The lowest BCUT2D eigenvalue weighted by molar-refractivity contribution is -0.141. The summed E-state index contributed by atoms with van der Waals surface area (Å²) in [6.07, 6.45) is -3.47. The van der Waals surface area contributed by atoms with Gasteiger partial charge in [-0.2, -0.15) is 18.3 Å². The summed E-state index contributed by atoms with van der Waals surface area (Å²) in [7, 11) is 0. The van der Waals surface area contributed by atoms with Crippen LogP contribution in [0.4, 0.5) is 18.9 Å². The fourth-order valence-corrected chi connectivity index (χ4v) is 1.98. The van der Waals surface area contributed by atoms with Gasteiger partial charge in [0.2, 0.25) is 5.91 Å². The zero-order valence-electron chi connectivity index (χ0n) is 13.8. The minimum absolute atomic E-state index is 0.125. The minimum atomic E-state index is -4.55. The third kappa shape index (κ3) is 5.80. The fourth-order valence-electron chi connectivity index (χ4n) is 1.98. The molecule has 2 N–H and O–H groups in total. The molecule has 0 aliphatic heterocycles. The molecule has 0 unspecified atom stereocenters. The Kier molecular flexibility index (Phi) is 6.21. The zero-order chi connectivity index (χ0) is 19.2. The van der Waals surface area contributed by atoms with E-state index in [4.69, 9.17) is 4.74 Å². The lowest BCUT2D eigenvalue weighted by atomic mass is 10.3. The van der Waals surface area contributed by atoms with Crippen LogP contribution in [0.2, 0.25) is 0 Å². The summed E-state index contributed by atoms with van der Waals surface area (Å²) in [5.41, 5.74) is -0.623. The quantitative estimate of drug-likeness (QED) is 0.781. The van der Waals surface area contributed by atoms with Crippen molar-refractivity contribution in [2.75, 3.05) is 18.5 Å². The van der Waals surface area contributed by atoms with Gasteiger partial charge in [-0.1, -0.05) is 0 Å². The van der Waals surface area contributed by atoms with Crippen LogP contribution in [0.1, 0.15) is 12.6 Å². The summed E-state index contributed by atoms with van der Waals surface area (Å²) in [6.45, 7) is 1.82. The predicted octanol–water partition coefficient (Wildman–Crippen LogP) is 2.06. The molecule has 0 atom stereocenters. The minimum Gasteiger partial charge on any atom is -0.484 e. The first-order valence-corrected chi connectivity index (χ1v) is 7.68. The number of carbonyl (C=O) groups is 2. The lowest BCUT2D eigenvalue weighted by Gasteiger charge is -2.08. The molecule has 0 bridgehead atoms. The maximum absolute atomic E-state index is 12.5. The molecule has 140 valence electrons. The number of hydrogen-bond donors (Lipinski definition) is 2. The number of benzene rings is 1. The Morgan fingerprint density at radius 3 is 2.42 bits per heavy atom. The molecule has 0 spiro atoms. The van der Waals surface area contributed by atoms with Crippen LogP contribution in [0.3, 0.4) is 0 Å². The third-order valence-electron chi connectivity index (χ3n) is 3.12. The van der Waals surface area contributed by atoms with E-state index in [1.165, 1.54) is 0 Å². The standard InChI is InChI=1S/C16H17F3N4O3/c1-2-20-15(25)10-26-12-5-3-11(4-6-12)21-14(24)9-23-8-7-13(22-23)16(17,18)19/h3-8H,2,9-10H2,1H3,(H,20,25)(H,21,24). The van der Waals surface area contributed by atoms with Crippen LogP contribution in [0.15, 0.2) is 36.5 Å². The van der Waals surface area contributed by atoms with Crippen molar-refractivity contribution in [3.05, 3.63) is 42.2 Å². The Morgan fingerprint density at radius 1 is 1.15 bits per heavy atom. The van der Waals surface area contributed by atoms with Crippen molar-refractivity contribution < 1.29 is 27.5 Å². The van der Waals surface area contributed by atoms with Crippen LogP contribution in [0.25, 0.3) is 0 Å². The van der Waals surface area contributed by atoms with Crippen molar-refractivity contribution in [2.24, 2.45) is 0 Å². The van der Waals surface area contributed by atoms with E-state index in [2.05, 4.69) is 15.7 Å². The van der Waals surface area contributed by atoms with Crippen LogP contribution < -0.4 is 15.4 Å². The number of nitrogens with zero attached hydrogens (tertiary/aromatic N) is 2. The number of anilines is 1.